The fourth-order valence-electron chi connectivity index (χ4n) is 13.8. The van der Waals surface area contributed by atoms with Gasteiger partial charge in [0.25, 0.3) is 0 Å². The second kappa shape index (κ2) is 79.3. The van der Waals surface area contributed by atoms with Crippen molar-refractivity contribution in [2.75, 3.05) is 13.2 Å². The molecule has 6 heteroatoms. The van der Waals surface area contributed by atoms with Crippen molar-refractivity contribution in [3.05, 3.63) is 0 Å². The molecular formula is C83H165NO5. The van der Waals surface area contributed by atoms with Gasteiger partial charge in [-0.1, -0.05) is 457 Å². The highest BCUT2D eigenvalue weighted by Crippen LogP contribution is 2.21. The molecule has 0 aromatic carbocycles. The van der Waals surface area contributed by atoms with Gasteiger partial charge in [0.15, 0.2) is 0 Å². The van der Waals surface area contributed by atoms with Crippen LogP contribution in [-0.4, -0.2) is 47.4 Å². The van der Waals surface area contributed by atoms with Crippen molar-refractivity contribution >= 4 is 11.9 Å². The summed E-state index contributed by atoms with van der Waals surface area (Å²) in [5, 5.41) is 23.4. The van der Waals surface area contributed by atoms with Crippen LogP contribution in [0.5, 0.6) is 0 Å². The third-order valence-electron chi connectivity index (χ3n) is 20.2. The molecule has 0 fully saturated rings. The lowest BCUT2D eigenvalue weighted by atomic mass is 10.0. The van der Waals surface area contributed by atoms with E-state index in [0.717, 1.165) is 38.5 Å². The Bertz CT molecular complexity index is 1310. The molecular weight excluding hydrogens is 1090 g/mol. The summed E-state index contributed by atoms with van der Waals surface area (Å²) < 4.78 is 5.53. The molecule has 2 unspecified atom stereocenters. The molecule has 0 saturated heterocycles. The van der Waals surface area contributed by atoms with Crippen LogP contribution in [0, 0.1) is 0 Å². The number of rotatable bonds is 80. The fraction of sp³-hybridized carbons (Fsp3) is 0.976. The van der Waals surface area contributed by atoms with E-state index in [-0.39, 0.29) is 18.5 Å². The first kappa shape index (κ1) is 87.9. The van der Waals surface area contributed by atoms with Crippen molar-refractivity contribution in [2.24, 2.45) is 0 Å². The molecule has 3 N–H and O–H groups in total. The van der Waals surface area contributed by atoms with E-state index in [0.29, 0.717) is 25.9 Å². The molecule has 0 aliphatic carbocycles. The monoisotopic (exact) mass is 1260 g/mol. The van der Waals surface area contributed by atoms with Crippen LogP contribution < -0.4 is 5.32 Å². The summed E-state index contributed by atoms with van der Waals surface area (Å²) in [6.45, 7) is 5.03. The van der Waals surface area contributed by atoms with Gasteiger partial charge in [-0.3, -0.25) is 9.59 Å². The van der Waals surface area contributed by atoms with Crippen LogP contribution in [0.4, 0.5) is 0 Å². The zero-order chi connectivity index (χ0) is 64.2. The molecule has 0 spiro atoms. The van der Waals surface area contributed by atoms with Crippen LogP contribution in [0.3, 0.4) is 0 Å². The Morgan fingerprint density at radius 2 is 0.461 bits per heavy atom. The SMILES string of the molecule is CCCCCCCCCCCCCCCCCCCCCC(=O)OCCCCCCCCCCCCCCCCCCCCCCCCCCCCCCCCCCCCCC(=O)NC(CO)C(O)CCCCCCCCCCCCCCCCCCCC. The zero-order valence-corrected chi connectivity index (χ0v) is 61.2. The number of aliphatic hydroxyl groups is 2. The van der Waals surface area contributed by atoms with Gasteiger partial charge in [-0.15, -0.1) is 0 Å². The Morgan fingerprint density at radius 1 is 0.270 bits per heavy atom. The fourth-order valence-corrected chi connectivity index (χ4v) is 13.8. The topological polar surface area (TPSA) is 95.9 Å². The summed E-state index contributed by atoms with van der Waals surface area (Å²) in [5.41, 5.74) is 0. The average Bonchev–Trinajstić information content (AvgIpc) is 3.63. The molecule has 6 nitrogen and oxygen atoms in total. The van der Waals surface area contributed by atoms with Crippen LogP contribution >= 0.6 is 0 Å². The maximum Gasteiger partial charge on any atom is 0.305 e. The number of hydrogen-bond acceptors (Lipinski definition) is 5. The molecule has 0 aliphatic heterocycles. The van der Waals surface area contributed by atoms with E-state index in [4.69, 9.17) is 4.74 Å². The third-order valence-corrected chi connectivity index (χ3v) is 20.2. The Labute approximate surface area is 559 Å². The first-order chi connectivity index (χ1) is 44.0. The summed E-state index contributed by atoms with van der Waals surface area (Å²) in [6, 6.07) is -0.537. The van der Waals surface area contributed by atoms with Gasteiger partial charge in [-0.05, 0) is 25.7 Å². The molecule has 0 aliphatic rings. The summed E-state index contributed by atoms with van der Waals surface area (Å²) in [7, 11) is 0. The van der Waals surface area contributed by atoms with Crippen LogP contribution in [0.15, 0.2) is 0 Å². The van der Waals surface area contributed by atoms with Gasteiger partial charge in [0.05, 0.1) is 25.4 Å². The number of ether oxygens (including phenoxy) is 1. The Kier molecular flexibility index (Phi) is 78.3. The van der Waals surface area contributed by atoms with Crippen LogP contribution in [0.1, 0.15) is 495 Å². The average molecular weight is 1260 g/mol. The van der Waals surface area contributed by atoms with Crippen molar-refractivity contribution in [3.63, 3.8) is 0 Å². The summed E-state index contributed by atoms with van der Waals surface area (Å²) in [4.78, 5) is 24.7. The summed E-state index contributed by atoms with van der Waals surface area (Å²) in [6.07, 6.45) is 99.4. The minimum atomic E-state index is -0.660. The third kappa shape index (κ3) is 75.8. The van der Waals surface area contributed by atoms with E-state index in [1.807, 2.05) is 0 Å². The quantitative estimate of drug-likeness (QED) is 0.0417. The predicted octanol–water partition coefficient (Wildman–Crippen LogP) is 27.7. The van der Waals surface area contributed by atoms with Gasteiger partial charge in [0.1, 0.15) is 0 Å². The zero-order valence-electron chi connectivity index (χ0n) is 61.2. The lowest BCUT2D eigenvalue weighted by molar-refractivity contribution is -0.143. The maximum absolute atomic E-state index is 12.6. The molecule has 0 bridgehead atoms. The number of unbranched alkanes of at least 4 members (excludes halogenated alkanes) is 69. The lowest BCUT2D eigenvalue weighted by Crippen LogP contribution is -2.45. The Hall–Kier alpha value is -1.14. The van der Waals surface area contributed by atoms with Crippen LogP contribution in [0.2, 0.25) is 0 Å². The highest BCUT2D eigenvalue weighted by Gasteiger charge is 2.20. The van der Waals surface area contributed by atoms with Crippen molar-refractivity contribution in [3.8, 4) is 0 Å². The standard InChI is InChI=1S/C83H165NO5/c1-3-5-7-9-11-13-15-17-19-21-40-45-49-53-57-61-65-69-73-77-83(88)89-78-74-70-66-62-58-54-50-46-42-39-37-35-33-31-29-27-25-23-24-26-28-30-32-34-36-38-41-44-48-52-56-60-64-68-72-76-82(87)84-80(79-85)81(86)75-71-67-63-59-55-51-47-43-22-20-18-16-14-12-10-8-6-4-2/h80-81,85-86H,3-79H2,1-2H3,(H,84,87). The molecule has 532 valence electrons. The molecule has 0 saturated carbocycles. The molecule has 2 atom stereocenters. The molecule has 0 heterocycles. The summed E-state index contributed by atoms with van der Waals surface area (Å²) in [5.74, 6) is 0.00494. The number of carbonyl (C=O) groups is 2. The second-order valence-corrected chi connectivity index (χ2v) is 29.2. The van der Waals surface area contributed by atoms with Gasteiger partial charge in [-0.25, -0.2) is 0 Å². The first-order valence-electron chi connectivity index (χ1n) is 41.8. The highest BCUT2D eigenvalue weighted by molar-refractivity contribution is 5.76. The first-order valence-corrected chi connectivity index (χ1v) is 41.8. The Morgan fingerprint density at radius 3 is 0.685 bits per heavy atom. The molecule has 89 heavy (non-hydrogen) atoms. The van der Waals surface area contributed by atoms with Crippen molar-refractivity contribution < 1.29 is 24.5 Å². The molecule has 0 aromatic rings. The van der Waals surface area contributed by atoms with Gasteiger partial charge in [0, 0.05) is 12.8 Å². The van der Waals surface area contributed by atoms with Crippen LogP contribution in [-0.2, 0) is 14.3 Å². The minimum absolute atomic E-state index is 0.0241. The number of esters is 1. The largest absolute Gasteiger partial charge is 0.466 e. The van der Waals surface area contributed by atoms with E-state index >= 15 is 0 Å². The van der Waals surface area contributed by atoms with Gasteiger partial charge in [0.2, 0.25) is 5.91 Å². The number of hydrogen-bond donors (Lipinski definition) is 3. The predicted molar refractivity (Wildman–Crippen MR) is 394 cm³/mol. The van der Waals surface area contributed by atoms with Gasteiger partial charge < -0.3 is 20.3 Å². The van der Waals surface area contributed by atoms with E-state index in [9.17, 15) is 19.8 Å². The molecule has 0 radical (unpaired) electrons. The van der Waals surface area contributed by atoms with E-state index in [2.05, 4.69) is 19.2 Å². The minimum Gasteiger partial charge on any atom is -0.466 e. The van der Waals surface area contributed by atoms with E-state index < -0.39 is 12.1 Å². The Balaban J connectivity index is 3.28. The maximum atomic E-state index is 12.6. The van der Waals surface area contributed by atoms with E-state index in [1.54, 1.807) is 0 Å². The summed E-state index contributed by atoms with van der Waals surface area (Å²) >= 11 is 0. The number of amides is 1. The van der Waals surface area contributed by atoms with Crippen molar-refractivity contribution in [1.82, 2.24) is 5.32 Å². The van der Waals surface area contributed by atoms with E-state index in [1.165, 1.54) is 424 Å². The van der Waals surface area contributed by atoms with Gasteiger partial charge in [-0.2, -0.15) is 0 Å². The molecule has 1 amide bonds. The van der Waals surface area contributed by atoms with Gasteiger partial charge >= 0.3 is 5.97 Å². The van der Waals surface area contributed by atoms with Crippen molar-refractivity contribution in [1.29, 1.82) is 0 Å². The van der Waals surface area contributed by atoms with Crippen molar-refractivity contribution in [2.45, 2.75) is 508 Å². The second-order valence-electron chi connectivity index (χ2n) is 29.2. The number of carbonyl (C=O) groups excluding carboxylic acids is 2. The highest BCUT2D eigenvalue weighted by atomic mass is 16.5. The number of nitrogens with one attached hydrogen (secondary N) is 1. The number of aliphatic hydroxyl groups excluding tert-OH is 2. The lowest BCUT2D eigenvalue weighted by Gasteiger charge is -2.22. The molecule has 0 rings (SSSR count). The smallest absolute Gasteiger partial charge is 0.305 e. The molecule has 0 aromatic heterocycles. The van der Waals surface area contributed by atoms with Crippen LogP contribution in [0.25, 0.3) is 0 Å². The normalized spacial score (nSPS) is 12.4.